The number of amides is 1. The number of hydrogen-bond donors (Lipinski definition) is 2. The second-order valence-corrected chi connectivity index (χ2v) is 12.3. The first-order valence-corrected chi connectivity index (χ1v) is 14.3. The minimum Gasteiger partial charge on any atom is -0.504 e. The fourth-order valence-corrected chi connectivity index (χ4v) is 8.12. The summed E-state index contributed by atoms with van der Waals surface area (Å²) < 4.78 is 48.4. The number of phenols is 1. The molecule has 3 aliphatic carbocycles. The van der Waals surface area contributed by atoms with Crippen LogP contribution in [0.2, 0.25) is 0 Å². The zero-order valence-electron chi connectivity index (χ0n) is 22.7. The van der Waals surface area contributed by atoms with Crippen LogP contribution in [-0.4, -0.2) is 76.2 Å². The number of likely N-dealkylation sites (tertiary alicyclic amines) is 1. The number of aromatic hydroxyl groups is 1. The summed E-state index contributed by atoms with van der Waals surface area (Å²) in [5.74, 6) is 0.458. The molecule has 0 aromatic heterocycles. The van der Waals surface area contributed by atoms with Crippen molar-refractivity contribution in [2.45, 2.75) is 74.1 Å². The fourth-order valence-electron chi connectivity index (χ4n) is 8.12. The Morgan fingerprint density at radius 2 is 2.02 bits per heavy atom. The third-order valence-electron chi connectivity index (χ3n) is 10.1. The Hall–Kier alpha value is -3.24. The zero-order valence-corrected chi connectivity index (χ0v) is 22.7. The minimum atomic E-state index is -4.81. The number of rotatable bonds is 6. The van der Waals surface area contributed by atoms with E-state index >= 15 is 0 Å². The predicted molar refractivity (Wildman–Crippen MR) is 144 cm³/mol. The van der Waals surface area contributed by atoms with E-state index in [4.69, 9.17) is 4.74 Å². The number of nitrogens with zero attached hydrogens (tertiary/aromatic N) is 2. The van der Waals surface area contributed by atoms with Crippen LogP contribution in [0.25, 0.3) is 6.08 Å². The Balaban J connectivity index is 1.18. The molecule has 2 aromatic carbocycles. The van der Waals surface area contributed by atoms with E-state index in [2.05, 4.69) is 9.64 Å². The minimum absolute atomic E-state index is 0.0438. The van der Waals surface area contributed by atoms with Gasteiger partial charge in [-0.25, -0.2) is 0 Å². The number of carbonyl (C=O) groups excluding carboxylic acids is 1. The predicted octanol–water partition coefficient (Wildman–Crippen LogP) is 4.40. The lowest BCUT2D eigenvalue weighted by Gasteiger charge is -2.64. The number of likely N-dealkylation sites (N-methyl/N-ethyl adjacent to an activating group) is 1. The van der Waals surface area contributed by atoms with Crippen LogP contribution < -0.4 is 9.47 Å². The van der Waals surface area contributed by atoms with Gasteiger partial charge >= 0.3 is 6.36 Å². The van der Waals surface area contributed by atoms with E-state index in [0.717, 1.165) is 24.2 Å². The Morgan fingerprint density at radius 1 is 1.22 bits per heavy atom. The second kappa shape index (κ2) is 9.13. The summed E-state index contributed by atoms with van der Waals surface area (Å²) in [6, 6.07) is 8.62. The van der Waals surface area contributed by atoms with Gasteiger partial charge in [-0.2, -0.15) is 0 Å². The molecule has 2 bridgehead atoms. The molecule has 2 N–H and O–H groups in total. The Kier molecular flexibility index (Phi) is 5.93. The van der Waals surface area contributed by atoms with Crippen molar-refractivity contribution < 1.29 is 37.7 Å². The number of ether oxygens (including phenoxy) is 2. The molecule has 10 heteroatoms. The molecule has 41 heavy (non-hydrogen) atoms. The Morgan fingerprint density at radius 3 is 2.78 bits per heavy atom. The quantitative estimate of drug-likeness (QED) is 0.502. The smallest absolute Gasteiger partial charge is 0.504 e. The Bertz CT molecular complexity index is 1420. The number of benzene rings is 2. The van der Waals surface area contributed by atoms with Gasteiger partial charge in [-0.05, 0) is 86.4 Å². The van der Waals surface area contributed by atoms with Gasteiger partial charge in [0.1, 0.15) is 11.9 Å². The molecule has 3 unspecified atom stereocenters. The molecule has 2 aromatic rings. The van der Waals surface area contributed by atoms with E-state index in [0.29, 0.717) is 42.9 Å². The van der Waals surface area contributed by atoms with Gasteiger partial charge < -0.3 is 24.6 Å². The van der Waals surface area contributed by atoms with Crippen molar-refractivity contribution in [1.29, 1.82) is 0 Å². The van der Waals surface area contributed by atoms with Crippen molar-refractivity contribution in [3.63, 3.8) is 0 Å². The van der Waals surface area contributed by atoms with Crippen molar-refractivity contribution >= 4 is 12.0 Å². The number of carbonyl (C=O) groups is 1. The third kappa shape index (κ3) is 4.13. The van der Waals surface area contributed by atoms with Crippen LogP contribution in [-0.2, 0) is 16.6 Å². The highest BCUT2D eigenvalue weighted by Crippen LogP contribution is 2.66. The van der Waals surface area contributed by atoms with Crippen LogP contribution in [0.3, 0.4) is 0 Å². The third-order valence-corrected chi connectivity index (χ3v) is 10.1. The van der Waals surface area contributed by atoms with Crippen LogP contribution in [0.1, 0.15) is 48.8 Å². The summed E-state index contributed by atoms with van der Waals surface area (Å²) in [7, 11) is 1.69. The standard InChI is InChI=1S/C31H33F3N2O5/c1-35(25(38)10-7-18-3-2-4-21(15-18)41-31(32,33)34)22-11-12-30(39)24-16-20-8-9-23(37)27-26(20)29(30,28(22)40-27)13-14-36(24)17-19-5-6-19/h2-4,7-10,15,19,22,24,28,37,39H,5-6,11-14,16-17H2,1H3/t22?,24-,28?,29+,30?/m1/s1. The first kappa shape index (κ1) is 26.6. The topological polar surface area (TPSA) is 82.5 Å². The molecule has 2 heterocycles. The van der Waals surface area contributed by atoms with Crippen LogP contribution in [0, 0.1) is 5.92 Å². The molecule has 2 saturated carbocycles. The maximum atomic E-state index is 13.4. The van der Waals surface area contributed by atoms with Gasteiger partial charge in [0.25, 0.3) is 0 Å². The summed E-state index contributed by atoms with van der Waals surface area (Å²) in [5.41, 5.74) is 0.582. The molecule has 218 valence electrons. The van der Waals surface area contributed by atoms with Crippen molar-refractivity contribution in [3.8, 4) is 17.2 Å². The lowest BCUT2D eigenvalue weighted by atomic mass is 9.48. The SMILES string of the molecule is CN(C(=O)C=Cc1cccc(OC(F)(F)F)c1)C1CCC2(O)[C@H]3Cc4ccc(O)c5c4[C@@]2(CCN3CC2CC2)C1O5. The monoisotopic (exact) mass is 570 g/mol. The molecule has 0 radical (unpaired) electrons. The number of piperidine rings is 1. The average Bonchev–Trinajstić information content (AvgIpc) is 3.66. The van der Waals surface area contributed by atoms with Crippen molar-refractivity contribution in [2.24, 2.45) is 5.92 Å². The van der Waals surface area contributed by atoms with Crippen molar-refractivity contribution in [1.82, 2.24) is 9.80 Å². The largest absolute Gasteiger partial charge is 0.573 e. The van der Waals surface area contributed by atoms with Gasteiger partial charge in [-0.3, -0.25) is 9.69 Å². The van der Waals surface area contributed by atoms with Crippen LogP contribution in [0.5, 0.6) is 17.2 Å². The first-order chi connectivity index (χ1) is 19.5. The summed E-state index contributed by atoms with van der Waals surface area (Å²) in [6.07, 6.45) is 2.29. The number of alkyl halides is 3. The lowest BCUT2D eigenvalue weighted by molar-refractivity contribution is -0.274. The number of phenolic OH excluding ortho intramolecular Hbond substituents is 1. The van der Waals surface area contributed by atoms with Gasteiger partial charge in [0.05, 0.1) is 17.1 Å². The molecular weight excluding hydrogens is 537 g/mol. The Labute approximate surface area is 236 Å². The highest BCUT2D eigenvalue weighted by atomic mass is 19.4. The molecule has 7 nitrogen and oxygen atoms in total. The van der Waals surface area contributed by atoms with E-state index in [-0.39, 0.29) is 29.5 Å². The van der Waals surface area contributed by atoms with Crippen LogP contribution in [0.4, 0.5) is 13.2 Å². The number of hydrogen-bond acceptors (Lipinski definition) is 6. The van der Waals surface area contributed by atoms with Crippen LogP contribution >= 0.6 is 0 Å². The first-order valence-electron chi connectivity index (χ1n) is 14.3. The summed E-state index contributed by atoms with van der Waals surface area (Å²) in [4.78, 5) is 17.5. The zero-order chi connectivity index (χ0) is 28.7. The molecule has 1 saturated heterocycles. The van der Waals surface area contributed by atoms with Crippen LogP contribution in [0.15, 0.2) is 42.5 Å². The summed E-state index contributed by atoms with van der Waals surface area (Å²) in [5, 5.41) is 23.4. The van der Waals surface area contributed by atoms with Gasteiger partial charge in [0, 0.05) is 31.3 Å². The van der Waals surface area contributed by atoms with E-state index in [1.807, 2.05) is 6.07 Å². The summed E-state index contributed by atoms with van der Waals surface area (Å²) >= 11 is 0. The fraction of sp³-hybridized carbons (Fsp3) is 0.516. The van der Waals surface area contributed by atoms with Crippen molar-refractivity contribution in [2.75, 3.05) is 20.1 Å². The van der Waals surface area contributed by atoms with Gasteiger partial charge in [-0.15, -0.1) is 13.2 Å². The average molecular weight is 571 g/mol. The van der Waals surface area contributed by atoms with Gasteiger partial charge in [0.2, 0.25) is 5.91 Å². The molecular formula is C31H33F3N2O5. The molecule has 5 atom stereocenters. The molecule has 3 fully saturated rings. The summed E-state index contributed by atoms with van der Waals surface area (Å²) in [6.45, 7) is 1.80. The van der Waals surface area contributed by atoms with E-state index in [1.165, 1.54) is 43.2 Å². The second-order valence-electron chi connectivity index (χ2n) is 12.3. The molecule has 1 spiro atoms. The maximum absolute atomic E-state index is 13.4. The number of aliphatic hydroxyl groups is 1. The van der Waals surface area contributed by atoms with Gasteiger partial charge in [-0.1, -0.05) is 18.2 Å². The molecule has 5 aliphatic rings. The maximum Gasteiger partial charge on any atom is 0.573 e. The highest BCUT2D eigenvalue weighted by molar-refractivity contribution is 5.92. The molecule has 7 rings (SSSR count). The lowest BCUT2D eigenvalue weighted by Crippen LogP contribution is -2.78. The van der Waals surface area contributed by atoms with Gasteiger partial charge in [0.15, 0.2) is 11.5 Å². The highest BCUT2D eigenvalue weighted by Gasteiger charge is 2.73. The normalized spacial score (nSPS) is 32.0. The van der Waals surface area contributed by atoms with Crippen molar-refractivity contribution in [3.05, 3.63) is 59.2 Å². The van der Waals surface area contributed by atoms with E-state index < -0.39 is 23.5 Å². The molecule has 2 aliphatic heterocycles. The molecule has 1 amide bonds. The number of halogens is 3. The van der Waals surface area contributed by atoms with E-state index in [1.54, 1.807) is 24.1 Å². The van der Waals surface area contributed by atoms with E-state index in [9.17, 15) is 28.2 Å².